The van der Waals surface area contributed by atoms with E-state index >= 15 is 0 Å². The Balaban J connectivity index is 1.40. The number of aryl methyl sites for hydroxylation is 1. The second-order valence-electron chi connectivity index (χ2n) is 12.2. The highest BCUT2D eigenvalue weighted by Crippen LogP contribution is 2.28. The number of nitrogens with one attached hydrogen (secondary N) is 2. The third-order valence-electron chi connectivity index (χ3n) is 7.52. The molecule has 1 aliphatic rings. The van der Waals surface area contributed by atoms with E-state index in [4.69, 9.17) is 24.7 Å². The van der Waals surface area contributed by atoms with Crippen molar-refractivity contribution in [2.75, 3.05) is 72.5 Å². The van der Waals surface area contributed by atoms with Gasteiger partial charge in [0, 0.05) is 32.2 Å². The van der Waals surface area contributed by atoms with Gasteiger partial charge in [-0.25, -0.2) is 4.98 Å². The number of aliphatic hydroxyl groups excluding tert-OH is 1. The lowest BCUT2D eigenvalue weighted by molar-refractivity contribution is -0.128. The Hall–Kier alpha value is -2.49. The molecule has 13 heteroatoms. The van der Waals surface area contributed by atoms with Crippen molar-refractivity contribution in [3.05, 3.63) is 41.0 Å². The quantitative estimate of drug-likeness (QED) is 0.156. The first-order valence-electron chi connectivity index (χ1n) is 15.6. The lowest BCUT2D eigenvalue weighted by Crippen LogP contribution is -2.54. The molecule has 1 aliphatic heterocycles. The average molecular weight is 650 g/mol. The lowest BCUT2D eigenvalue weighted by atomic mass is 9.86. The van der Waals surface area contributed by atoms with Crippen LogP contribution in [0.4, 0.5) is 0 Å². The molecule has 0 aliphatic carbocycles. The molecular weight excluding hydrogens is 598 g/mol. The minimum absolute atomic E-state index is 0.0984. The van der Waals surface area contributed by atoms with E-state index in [2.05, 4.69) is 15.6 Å². The molecule has 1 fully saturated rings. The number of hydrogen-bond donors (Lipinski definition) is 4. The second kappa shape index (κ2) is 19.2. The Kier molecular flexibility index (Phi) is 15.8. The summed E-state index contributed by atoms with van der Waals surface area (Å²) in [4.78, 5) is 33.4. The van der Waals surface area contributed by atoms with E-state index in [-0.39, 0.29) is 36.5 Å². The van der Waals surface area contributed by atoms with Gasteiger partial charge in [-0.2, -0.15) is 0 Å². The summed E-state index contributed by atoms with van der Waals surface area (Å²) in [5, 5.41) is 16.6. The van der Waals surface area contributed by atoms with Crippen molar-refractivity contribution in [2.45, 2.75) is 58.8 Å². The molecule has 2 aromatic rings. The maximum absolute atomic E-state index is 13.3. The van der Waals surface area contributed by atoms with E-state index < -0.39 is 12.1 Å². The number of β-amino-alcohol motifs (C(OH)–C–C–N with tert-alkyl or cyclic N) is 1. The van der Waals surface area contributed by atoms with Crippen LogP contribution in [0.25, 0.3) is 10.4 Å². The van der Waals surface area contributed by atoms with Crippen LogP contribution in [0.1, 0.15) is 38.4 Å². The number of thiazole rings is 1. The summed E-state index contributed by atoms with van der Waals surface area (Å²) in [6, 6.07) is 7.34. The number of aromatic nitrogens is 1. The summed E-state index contributed by atoms with van der Waals surface area (Å²) in [5.41, 5.74) is 10.00. The van der Waals surface area contributed by atoms with E-state index in [0.29, 0.717) is 72.2 Å². The van der Waals surface area contributed by atoms with Crippen LogP contribution in [-0.4, -0.2) is 117 Å². The Morgan fingerprint density at radius 3 is 2.24 bits per heavy atom. The molecule has 12 nitrogen and oxygen atoms in total. The fraction of sp³-hybridized carbons (Fsp3) is 0.656. The largest absolute Gasteiger partial charge is 0.392 e. The second-order valence-corrected chi connectivity index (χ2v) is 13.1. The molecule has 252 valence electrons. The van der Waals surface area contributed by atoms with E-state index in [1.54, 1.807) is 11.3 Å². The zero-order valence-corrected chi connectivity index (χ0v) is 27.9. The highest BCUT2D eigenvalue weighted by Gasteiger charge is 2.39. The summed E-state index contributed by atoms with van der Waals surface area (Å²) in [6.45, 7) is 12.7. The Morgan fingerprint density at radius 2 is 1.67 bits per heavy atom. The van der Waals surface area contributed by atoms with Crippen LogP contribution in [0.15, 0.2) is 29.8 Å². The molecule has 45 heavy (non-hydrogen) atoms. The van der Waals surface area contributed by atoms with Crippen molar-refractivity contribution in [1.29, 1.82) is 0 Å². The van der Waals surface area contributed by atoms with Crippen LogP contribution in [0.5, 0.6) is 0 Å². The molecule has 5 N–H and O–H groups in total. The molecule has 1 aromatic carbocycles. The first kappa shape index (κ1) is 37.0. The van der Waals surface area contributed by atoms with Crippen molar-refractivity contribution >= 4 is 23.2 Å². The third-order valence-corrected chi connectivity index (χ3v) is 8.50. The first-order valence-corrected chi connectivity index (χ1v) is 16.5. The van der Waals surface area contributed by atoms with Gasteiger partial charge in [-0.15, -0.1) is 11.3 Å². The smallest absolute Gasteiger partial charge is 0.246 e. The molecule has 2 amide bonds. The Morgan fingerprint density at radius 1 is 1.04 bits per heavy atom. The van der Waals surface area contributed by atoms with Crippen molar-refractivity contribution in [2.24, 2.45) is 11.1 Å². The molecule has 1 saturated heterocycles. The van der Waals surface area contributed by atoms with Crippen LogP contribution in [0.2, 0.25) is 0 Å². The summed E-state index contributed by atoms with van der Waals surface area (Å²) >= 11 is 1.61. The van der Waals surface area contributed by atoms with E-state index in [1.807, 2.05) is 62.4 Å². The predicted molar refractivity (Wildman–Crippen MR) is 174 cm³/mol. The SMILES string of the molecule is Cc1ncsc1-c1ccc(CNC(=O)[C@@H]2C[C@@H](O)CN2C[C@@H](NC(=O)COCCOCCOCCOCCN)C(C)(C)C)cc1. The van der Waals surface area contributed by atoms with Crippen molar-refractivity contribution < 1.29 is 33.6 Å². The van der Waals surface area contributed by atoms with Gasteiger partial charge in [-0.05, 0) is 29.9 Å². The third kappa shape index (κ3) is 13.0. The van der Waals surface area contributed by atoms with E-state index in [1.165, 1.54) is 0 Å². The number of hydrogen-bond acceptors (Lipinski definition) is 11. The van der Waals surface area contributed by atoms with Gasteiger partial charge in [0.05, 0.1) is 74.5 Å². The number of aliphatic hydroxyl groups is 1. The zero-order valence-electron chi connectivity index (χ0n) is 27.1. The van der Waals surface area contributed by atoms with Gasteiger partial charge in [-0.1, -0.05) is 45.0 Å². The highest BCUT2D eigenvalue weighted by atomic mass is 32.1. The molecule has 3 atom stereocenters. The van der Waals surface area contributed by atoms with Gasteiger partial charge < -0.3 is 40.4 Å². The van der Waals surface area contributed by atoms with Gasteiger partial charge in [0.2, 0.25) is 11.8 Å². The van der Waals surface area contributed by atoms with Crippen molar-refractivity contribution in [3.8, 4) is 10.4 Å². The van der Waals surface area contributed by atoms with Gasteiger partial charge in [0.15, 0.2) is 0 Å². The van der Waals surface area contributed by atoms with Crippen LogP contribution in [0.3, 0.4) is 0 Å². The standard InChI is InChI=1S/C32H51N5O7S/c1-23-30(45-22-35-23)25-7-5-24(6-8-25)18-34-31(40)27-17-26(38)19-37(27)20-28(32(2,3)4)36-29(39)21-44-16-15-43-14-13-42-12-11-41-10-9-33/h5-8,22,26-28,38H,9-21,33H2,1-4H3,(H,34,40)(H,36,39)/t26-,27+,28-/m1/s1. The molecule has 3 rings (SSSR count). The monoisotopic (exact) mass is 649 g/mol. The molecule has 0 unspecified atom stereocenters. The maximum atomic E-state index is 13.3. The number of ether oxygens (including phenoxy) is 4. The minimum Gasteiger partial charge on any atom is -0.392 e. The van der Waals surface area contributed by atoms with Crippen molar-refractivity contribution in [1.82, 2.24) is 20.5 Å². The van der Waals surface area contributed by atoms with Crippen molar-refractivity contribution in [3.63, 3.8) is 0 Å². The molecule has 0 saturated carbocycles. The van der Waals surface area contributed by atoms with E-state index in [9.17, 15) is 14.7 Å². The fourth-order valence-corrected chi connectivity index (χ4v) is 5.74. The molecule has 0 spiro atoms. The maximum Gasteiger partial charge on any atom is 0.246 e. The number of benzene rings is 1. The normalized spacial score (nSPS) is 17.8. The lowest BCUT2D eigenvalue weighted by Gasteiger charge is -2.36. The number of amides is 2. The summed E-state index contributed by atoms with van der Waals surface area (Å²) < 4.78 is 21.6. The number of carbonyl (C=O) groups excluding carboxylic acids is 2. The Bertz CT molecular complexity index is 1160. The van der Waals surface area contributed by atoms with Crippen LogP contribution < -0.4 is 16.4 Å². The Labute approximate surface area is 271 Å². The van der Waals surface area contributed by atoms with Gasteiger partial charge >= 0.3 is 0 Å². The van der Waals surface area contributed by atoms with Crippen LogP contribution in [0, 0.1) is 12.3 Å². The molecule has 0 radical (unpaired) electrons. The average Bonchev–Trinajstić information content (AvgIpc) is 3.60. The molecule has 1 aromatic heterocycles. The number of nitrogens with two attached hydrogens (primary N) is 1. The zero-order chi connectivity index (χ0) is 32.7. The summed E-state index contributed by atoms with van der Waals surface area (Å²) in [7, 11) is 0. The number of rotatable bonds is 20. The van der Waals surface area contributed by atoms with E-state index in [0.717, 1.165) is 21.7 Å². The number of carbonyl (C=O) groups is 2. The topological polar surface area (TPSA) is 158 Å². The van der Waals surface area contributed by atoms with Crippen LogP contribution in [-0.2, 0) is 35.1 Å². The van der Waals surface area contributed by atoms with Gasteiger partial charge in [0.25, 0.3) is 0 Å². The summed E-state index contributed by atoms with van der Waals surface area (Å²) in [6.07, 6.45) is -0.270. The molecule has 0 bridgehead atoms. The first-order chi connectivity index (χ1) is 21.6. The van der Waals surface area contributed by atoms with Gasteiger partial charge in [0.1, 0.15) is 6.61 Å². The molecular formula is C32H51N5O7S. The number of likely N-dealkylation sites (tertiary alicyclic amines) is 1. The van der Waals surface area contributed by atoms with Gasteiger partial charge in [-0.3, -0.25) is 14.5 Å². The highest BCUT2D eigenvalue weighted by molar-refractivity contribution is 7.13. The predicted octanol–water partition coefficient (Wildman–Crippen LogP) is 1.73. The summed E-state index contributed by atoms with van der Waals surface area (Å²) in [5.74, 6) is -0.380. The molecule has 2 heterocycles. The number of nitrogens with zero attached hydrogens (tertiary/aromatic N) is 2. The minimum atomic E-state index is -0.614. The van der Waals surface area contributed by atoms with Crippen LogP contribution >= 0.6 is 11.3 Å². The fourth-order valence-electron chi connectivity index (χ4n) is 4.93.